The fraction of sp³-hybridized carbons (Fsp3) is 0.923. The van der Waals surface area contributed by atoms with Crippen LogP contribution in [0.3, 0.4) is 0 Å². The zero-order valence-corrected chi connectivity index (χ0v) is 11.6. The molecule has 0 aliphatic carbocycles. The average molecular weight is 256 g/mol. The highest BCUT2D eigenvalue weighted by molar-refractivity contribution is 5.68. The summed E-state index contributed by atoms with van der Waals surface area (Å²) in [6.07, 6.45) is 0.780. The number of nitrogens with one attached hydrogen (secondary N) is 1. The molecule has 0 radical (unpaired) electrons. The van der Waals surface area contributed by atoms with Crippen LogP contribution in [-0.2, 0) is 9.47 Å². The van der Waals surface area contributed by atoms with Gasteiger partial charge in [-0.15, -0.1) is 0 Å². The first-order valence-corrected chi connectivity index (χ1v) is 6.67. The smallest absolute Gasteiger partial charge is 0.410 e. The Hall–Kier alpha value is -0.810. The van der Waals surface area contributed by atoms with E-state index in [9.17, 15) is 4.79 Å². The van der Waals surface area contributed by atoms with Gasteiger partial charge in [0.25, 0.3) is 0 Å². The zero-order valence-electron chi connectivity index (χ0n) is 11.6. The van der Waals surface area contributed by atoms with Crippen molar-refractivity contribution in [3.8, 4) is 0 Å². The largest absolute Gasteiger partial charge is 0.444 e. The first-order chi connectivity index (χ1) is 8.40. The van der Waals surface area contributed by atoms with Crippen LogP contribution in [0.2, 0.25) is 0 Å². The molecule has 0 bridgehead atoms. The Morgan fingerprint density at radius 1 is 1.44 bits per heavy atom. The van der Waals surface area contributed by atoms with Gasteiger partial charge in [-0.25, -0.2) is 4.79 Å². The molecular formula is C13H24N2O3. The second-order valence-electron chi connectivity index (χ2n) is 6.38. The second kappa shape index (κ2) is 5.05. The fourth-order valence-corrected chi connectivity index (χ4v) is 2.52. The number of rotatable bonds is 0. The molecule has 2 rings (SSSR count). The van der Waals surface area contributed by atoms with Gasteiger partial charge in [-0.1, -0.05) is 0 Å². The number of carbonyl (C=O) groups excluding carboxylic acids is 1. The molecule has 0 aromatic rings. The molecule has 5 heteroatoms. The normalized spacial score (nSPS) is 29.4. The molecule has 1 unspecified atom stereocenters. The molecule has 2 aliphatic heterocycles. The Balaban J connectivity index is 1.92. The van der Waals surface area contributed by atoms with Crippen molar-refractivity contribution in [2.45, 2.75) is 32.8 Å². The molecule has 2 saturated heterocycles. The van der Waals surface area contributed by atoms with Crippen LogP contribution < -0.4 is 5.32 Å². The van der Waals surface area contributed by atoms with Crippen LogP contribution in [0.15, 0.2) is 0 Å². The minimum atomic E-state index is -0.426. The van der Waals surface area contributed by atoms with Crippen LogP contribution in [0.4, 0.5) is 4.79 Å². The SMILES string of the molecule is CC(C)(C)OC(=O)N1CCC2(CNCCOC2)C1. The average Bonchev–Trinajstić information content (AvgIpc) is 2.51. The van der Waals surface area contributed by atoms with E-state index in [1.807, 2.05) is 25.7 Å². The number of hydrogen-bond acceptors (Lipinski definition) is 4. The van der Waals surface area contributed by atoms with Gasteiger partial charge in [0.2, 0.25) is 0 Å². The molecule has 1 N–H and O–H groups in total. The quantitative estimate of drug-likeness (QED) is 0.708. The lowest BCUT2D eigenvalue weighted by Crippen LogP contribution is -2.41. The van der Waals surface area contributed by atoms with Crippen molar-refractivity contribution in [1.82, 2.24) is 10.2 Å². The van der Waals surface area contributed by atoms with Crippen LogP contribution in [-0.4, -0.2) is 56.0 Å². The third-order valence-corrected chi connectivity index (χ3v) is 3.42. The summed E-state index contributed by atoms with van der Waals surface area (Å²) in [4.78, 5) is 13.8. The standard InChI is InChI=1S/C13H24N2O3/c1-12(2,3)18-11(16)15-6-4-13(9-15)8-14-5-7-17-10-13/h14H,4-10H2,1-3H3. The Labute approximate surface area is 109 Å². The van der Waals surface area contributed by atoms with Gasteiger partial charge in [0, 0.05) is 31.6 Å². The second-order valence-corrected chi connectivity index (χ2v) is 6.38. The predicted molar refractivity (Wildman–Crippen MR) is 68.5 cm³/mol. The van der Waals surface area contributed by atoms with Crippen LogP contribution >= 0.6 is 0 Å². The van der Waals surface area contributed by atoms with Crippen molar-refractivity contribution in [3.63, 3.8) is 0 Å². The topological polar surface area (TPSA) is 50.8 Å². The lowest BCUT2D eigenvalue weighted by molar-refractivity contribution is 0.0236. The highest BCUT2D eigenvalue weighted by Crippen LogP contribution is 2.32. The summed E-state index contributed by atoms with van der Waals surface area (Å²) in [7, 11) is 0. The van der Waals surface area contributed by atoms with Crippen molar-refractivity contribution in [3.05, 3.63) is 0 Å². The van der Waals surface area contributed by atoms with Gasteiger partial charge in [0.15, 0.2) is 0 Å². The molecule has 0 aromatic carbocycles. The summed E-state index contributed by atoms with van der Waals surface area (Å²) in [6.45, 7) is 10.5. The molecule has 1 amide bonds. The maximum atomic E-state index is 12.0. The highest BCUT2D eigenvalue weighted by atomic mass is 16.6. The van der Waals surface area contributed by atoms with E-state index in [2.05, 4.69) is 5.32 Å². The molecule has 0 aromatic heterocycles. The van der Waals surface area contributed by atoms with Gasteiger partial charge in [0.05, 0.1) is 13.2 Å². The summed E-state index contributed by atoms with van der Waals surface area (Å²) in [5.41, 5.74) is -0.349. The van der Waals surface area contributed by atoms with E-state index in [0.29, 0.717) is 0 Å². The first kappa shape index (κ1) is 13.6. The molecule has 2 aliphatic rings. The van der Waals surface area contributed by atoms with Gasteiger partial charge < -0.3 is 19.7 Å². The minimum absolute atomic E-state index is 0.0768. The third kappa shape index (κ3) is 3.36. The van der Waals surface area contributed by atoms with E-state index in [1.165, 1.54) is 0 Å². The van der Waals surface area contributed by atoms with Crippen molar-refractivity contribution in [1.29, 1.82) is 0 Å². The van der Waals surface area contributed by atoms with Crippen LogP contribution in [0.25, 0.3) is 0 Å². The number of nitrogens with zero attached hydrogens (tertiary/aromatic N) is 1. The Morgan fingerprint density at radius 3 is 2.94 bits per heavy atom. The molecule has 2 fully saturated rings. The van der Waals surface area contributed by atoms with E-state index in [4.69, 9.17) is 9.47 Å². The molecule has 5 nitrogen and oxygen atoms in total. The van der Waals surface area contributed by atoms with Crippen LogP contribution in [0, 0.1) is 5.41 Å². The minimum Gasteiger partial charge on any atom is -0.444 e. The van der Waals surface area contributed by atoms with Crippen LogP contribution in [0.5, 0.6) is 0 Å². The van der Waals surface area contributed by atoms with Gasteiger partial charge in [-0.05, 0) is 27.2 Å². The Morgan fingerprint density at radius 2 is 2.22 bits per heavy atom. The maximum absolute atomic E-state index is 12.0. The first-order valence-electron chi connectivity index (χ1n) is 6.67. The van der Waals surface area contributed by atoms with Crippen molar-refractivity contribution in [2.75, 3.05) is 39.4 Å². The number of carbonyl (C=O) groups is 1. The zero-order chi connectivity index (χ0) is 13.2. The molecule has 2 heterocycles. The Kier molecular flexibility index (Phi) is 3.82. The molecule has 1 atom stereocenters. The highest BCUT2D eigenvalue weighted by Gasteiger charge is 2.41. The van der Waals surface area contributed by atoms with Gasteiger partial charge >= 0.3 is 6.09 Å². The van der Waals surface area contributed by atoms with Crippen molar-refractivity contribution < 1.29 is 14.3 Å². The van der Waals surface area contributed by atoms with Gasteiger partial charge in [-0.2, -0.15) is 0 Å². The van der Waals surface area contributed by atoms with E-state index >= 15 is 0 Å². The summed E-state index contributed by atoms with van der Waals surface area (Å²) in [5, 5.41) is 3.38. The number of likely N-dealkylation sites (tertiary alicyclic amines) is 1. The van der Waals surface area contributed by atoms with E-state index < -0.39 is 5.60 Å². The van der Waals surface area contributed by atoms with Crippen molar-refractivity contribution in [2.24, 2.45) is 5.41 Å². The Bertz CT molecular complexity index is 304. The summed E-state index contributed by atoms with van der Waals surface area (Å²) in [6, 6.07) is 0. The molecular weight excluding hydrogens is 232 g/mol. The van der Waals surface area contributed by atoms with Crippen LogP contribution in [0.1, 0.15) is 27.2 Å². The fourth-order valence-electron chi connectivity index (χ4n) is 2.52. The summed E-state index contributed by atoms with van der Waals surface area (Å²) >= 11 is 0. The monoisotopic (exact) mass is 256 g/mol. The van der Waals surface area contributed by atoms with Crippen molar-refractivity contribution >= 4 is 6.09 Å². The lowest BCUT2D eigenvalue weighted by Gasteiger charge is -2.28. The van der Waals surface area contributed by atoms with E-state index in [1.54, 1.807) is 0 Å². The molecule has 0 saturated carbocycles. The van der Waals surface area contributed by atoms with Gasteiger partial charge in [0.1, 0.15) is 5.60 Å². The number of hydrogen-bond donors (Lipinski definition) is 1. The molecule has 18 heavy (non-hydrogen) atoms. The summed E-state index contributed by atoms with van der Waals surface area (Å²) in [5.74, 6) is 0. The third-order valence-electron chi connectivity index (χ3n) is 3.42. The lowest BCUT2D eigenvalue weighted by atomic mass is 9.88. The number of amides is 1. The predicted octanol–water partition coefficient (Wildman–Crippen LogP) is 1.23. The number of ether oxygens (including phenoxy) is 2. The van der Waals surface area contributed by atoms with Gasteiger partial charge in [-0.3, -0.25) is 0 Å². The van der Waals surface area contributed by atoms with E-state index in [0.717, 1.165) is 45.8 Å². The maximum Gasteiger partial charge on any atom is 0.410 e. The molecule has 1 spiro atoms. The molecule has 104 valence electrons. The van der Waals surface area contributed by atoms with E-state index in [-0.39, 0.29) is 11.5 Å². The summed E-state index contributed by atoms with van der Waals surface area (Å²) < 4.78 is 11.0.